The summed E-state index contributed by atoms with van der Waals surface area (Å²) in [6, 6.07) is 12.6. The van der Waals surface area contributed by atoms with E-state index in [9.17, 15) is 0 Å². The average Bonchev–Trinajstić information content (AvgIpc) is 2.18. The summed E-state index contributed by atoms with van der Waals surface area (Å²) in [5, 5.41) is 2.55. The van der Waals surface area contributed by atoms with Crippen molar-refractivity contribution in [2.24, 2.45) is 5.73 Å². The Morgan fingerprint density at radius 3 is 2.62 bits per heavy atom. The highest BCUT2D eigenvalue weighted by Gasteiger charge is 2.00. The van der Waals surface area contributed by atoms with Crippen LogP contribution < -0.4 is 5.73 Å². The average molecular weight is 171 g/mol. The zero-order chi connectivity index (χ0) is 9.26. The van der Waals surface area contributed by atoms with Crippen molar-refractivity contribution >= 4 is 10.8 Å². The van der Waals surface area contributed by atoms with Gasteiger partial charge in [0.1, 0.15) is 0 Å². The van der Waals surface area contributed by atoms with Crippen LogP contribution in [-0.4, -0.2) is 0 Å². The number of hydrogen-bond acceptors (Lipinski definition) is 1. The van der Waals surface area contributed by atoms with Gasteiger partial charge in [-0.05, 0) is 28.8 Å². The summed E-state index contributed by atoms with van der Waals surface area (Å²) in [5.41, 5.74) is 8.26. The maximum atomic E-state index is 5.72. The van der Waals surface area contributed by atoms with Gasteiger partial charge in [0, 0.05) is 6.54 Å². The van der Waals surface area contributed by atoms with Crippen molar-refractivity contribution in [1.29, 1.82) is 0 Å². The highest BCUT2D eigenvalue weighted by molar-refractivity contribution is 5.86. The highest BCUT2D eigenvalue weighted by atomic mass is 14.5. The minimum absolute atomic E-state index is 0.618. The van der Waals surface area contributed by atoms with Gasteiger partial charge in [0.25, 0.3) is 0 Å². The van der Waals surface area contributed by atoms with Crippen molar-refractivity contribution < 1.29 is 0 Å². The molecular weight excluding hydrogens is 158 g/mol. The van der Waals surface area contributed by atoms with Crippen LogP contribution in [0.3, 0.4) is 0 Å². The fourth-order valence-electron chi connectivity index (χ4n) is 1.72. The SMILES string of the molecule is Cc1ccc2ccccc2c1CN. The van der Waals surface area contributed by atoms with Crippen molar-refractivity contribution in [3.05, 3.63) is 47.5 Å². The second-order valence-electron chi connectivity index (χ2n) is 3.29. The van der Waals surface area contributed by atoms with E-state index in [0.29, 0.717) is 6.54 Å². The van der Waals surface area contributed by atoms with Gasteiger partial charge in [0.2, 0.25) is 0 Å². The molecule has 2 N–H and O–H groups in total. The van der Waals surface area contributed by atoms with Crippen LogP contribution in [0.4, 0.5) is 0 Å². The molecule has 0 aliphatic heterocycles. The molecule has 1 nitrogen and oxygen atoms in total. The number of rotatable bonds is 1. The lowest BCUT2D eigenvalue weighted by Crippen LogP contribution is -1.99. The third-order valence-electron chi connectivity index (χ3n) is 2.48. The molecule has 2 rings (SSSR count). The minimum atomic E-state index is 0.618. The Kier molecular flexibility index (Phi) is 2.03. The summed E-state index contributed by atoms with van der Waals surface area (Å²) in [5.74, 6) is 0. The fraction of sp³-hybridized carbons (Fsp3) is 0.167. The monoisotopic (exact) mass is 171 g/mol. The first kappa shape index (κ1) is 8.27. The van der Waals surface area contributed by atoms with E-state index >= 15 is 0 Å². The molecule has 0 aliphatic carbocycles. The van der Waals surface area contributed by atoms with Crippen LogP contribution in [0.15, 0.2) is 36.4 Å². The largest absolute Gasteiger partial charge is 0.326 e. The number of hydrogen-bond donors (Lipinski definition) is 1. The molecule has 0 bridgehead atoms. The Labute approximate surface area is 78.2 Å². The van der Waals surface area contributed by atoms with Crippen molar-refractivity contribution in [2.45, 2.75) is 13.5 Å². The van der Waals surface area contributed by atoms with Crippen LogP contribution in [0, 0.1) is 6.92 Å². The van der Waals surface area contributed by atoms with Crippen molar-refractivity contribution in [3.63, 3.8) is 0 Å². The highest BCUT2D eigenvalue weighted by Crippen LogP contribution is 2.21. The minimum Gasteiger partial charge on any atom is -0.326 e. The lowest BCUT2D eigenvalue weighted by atomic mass is 10.00. The molecule has 0 unspecified atom stereocenters. The standard InChI is InChI=1S/C12H13N/c1-9-6-7-10-4-2-3-5-11(10)12(9)8-13/h2-7H,8,13H2,1H3. The van der Waals surface area contributed by atoms with E-state index in [1.54, 1.807) is 0 Å². The Hall–Kier alpha value is -1.34. The normalized spacial score (nSPS) is 10.6. The maximum absolute atomic E-state index is 5.72. The van der Waals surface area contributed by atoms with Crippen LogP contribution in [0.1, 0.15) is 11.1 Å². The third-order valence-corrected chi connectivity index (χ3v) is 2.48. The molecule has 0 amide bonds. The molecule has 13 heavy (non-hydrogen) atoms. The van der Waals surface area contributed by atoms with E-state index in [2.05, 4.69) is 43.3 Å². The first-order valence-corrected chi connectivity index (χ1v) is 4.50. The summed E-state index contributed by atoms with van der Waals surface area (Å²) in [4.78, 5) is 0. The predicted molar refractivity (Wildman–Crippen MR) is 56.6 cm³/mol. The number of nitrogens with two attached hydrogens (primary N) is 1. The van der Waals surface area contributed by atoms with Crippen molar-refractivity contribution in [1.82, 2.24) is 0 Å². The summed E-state index contributed by atoms with van der Waals surface area (Å²) >= 11 is 0. The third kappa shape index (κ3) is 1.31. The van der Waals surface area contributed by atoms with E-state index in [0.717, 1.165) is 0 Å². The van der Waals surface area contributed by atoms with Gasteiger partial charge < -0.3 is 5.73 Å². The molecule has 0 heterocycles. The molecule has 0 atom stereocenters. The van der Waals surface area contributed by atoms with Crippen LogP contribution >= 0.6 is 0 Å². The van der Waals surface area contributed by atoms with Gasteiger partial charge in [-0.25, -0.2) is 0 Å². The summed E-state index contributed by atoms with van der Waals surface area (Å²) < 4.78 is 0. The lowest BCUT2D eigenvalue weighted by Gasteiger charge is -2.07. The van der Waals surface area contributed by atoms with Gasteiger partial charge in [0.15, 0.2) is 0 Å². The molecule has 0 saturated heterocycles. The fourth-order valence-corrected chi connectivity index (χ4v) is 1.72. The van der Waals surface area contributed by atoms with Gasteiger partial charge in [0.05, 0.1) is 0 Å². The maximum Gasteiger partial charge on any atom is 0.0186 e. The van der Waals surface area contributed by atoms with Gasteiger partial charge in [-0.1, -0.05) is 36.4 Å². The van der Waals surface area contributed by atoms with Crippen LogP contribution in [0.25, 0.3) is 10.8 Å². The van der Waals surface area contributed by atoms with Gasteiger partial charge in [-0.2, -0.15) is 0 Å². The van der Waals surface area contributed by atoms with Gasteiger partial charge >= 0.3 is 0 Å². The van der Waals surface area contributed by atoms with E-state index in [4.69, 9.17) is 5.73 Å². The van der Waals surface area contributed by atoms with E-state index in [-0.39, 0.29) is 0 Å². The van der Waals surface area contributed by atoms with E-state index in [1.165, 1.54) is 21.9 Å². The number of aryl methyl sites for hydroxylation is 1. The molecule has 1 heteroatoms. The molecule has 2 aromatic carbocycles. The zero-order valence-electron chi connectivity index (χ0n) is 7.75. The molecule has 0 spiro atoms. The Morgan fingerprint density at radius 2 is 1.85 bits per heavy atom. The molecule has 0 fully saturated rings. The number of benzene rings is 2. The molecular formula is C12H13N. The van der Waals surface area contributed by atoms with Crippen LogP contribution in [-0.2, 0) is 6.54 Å². The molecule has 0 aliphatic rings. The second kappa shape index (κ2) is 3.19. The first-order chi connectivity index (χ1) is 6.33. The smallest absolute Gasteiger partial charge is 0.0186 e. The Balaban J connectivity index is 2.84. The van der Waals surface area contributed by atoms with Gasteiger partial charge in [-0.3, -0.25) is 0 Å². The van der Waals surface area contributed by atoms with Crippen LogP contribution in [0.5, 0.6) is 0 Å². The molecule has 0 saturated carbocycles. The summed E-state index contributed by atoms with van der Waals surface area (Å²) in [6.45, 7) is 2.72. The zero-order valence-corrected chi connectivity index (χ0v) is 7.75. The Morgan fingerprint density at radius 1 is 1.08 bits per heavy atom. The molecule has 0 radical (unpaired) electrons. The van der Waals surface area contributed by atoms with Gasteiger partial charge in [-0.15, -0.1) is 0 Å². The molecule has 66 valence electrons. The van der Waals surface area contributed by atoms with Crippen molar-refractivity contribution in [3.8, 4) is 0 Å². The first-order valence-electron chi connectivity index (χ1n) is 4.50. The van der Waals surface area contributed by atoms with Crippen LogP contribution in [0.2, 0.25) is 0 Å². The quantitative estimate of drug-likeness (QED) is 0.701. The second-order valence-corrected chi connectivity index (χ2v) is 3.29. The van der Waals surface area contributed by atoms with E-state index in [1.807, 2.05) is 0 Å². The van der Waals surface area contributed by atoms with E-state index < -0.39 is 0 Å². The van der Waals surface area contributed by atoms with Crippen molar-refractivity contribution in [2.75, 3.05) is 0 Å². The molecule has 0 aromatic heterocycles. The number of fused-ring (bicyclic) bond motifs is 1. The Bertz CT molecular complexity index is 432. The molecule has 2 aromatic rings. The predicted octanol–water partition coefficient (Wildman–Crippen LogP) is 2.61. The summed E-state index contributed by atoms with van der Waals surface area (Å²) in [7, 11) is 0. The topological polar surface area (TPSA) is 26.0 Å². The summed E-state index contributed by atoms with van der Waals surface area (Å²) in [6.07, 6.45) is 0. The lowest BCUT2D eigenvalue weighted by molar-refractivity contribution is 1.07.